The van der Waals surface area contributed by atoms with Gasteiger partial charge in [-0.15, -0.1) is 17.7 Å². The summed E-state index contributed by atoms with van der Waals surface area (Å²) in [6.07, 6.45) is 1.65. The van der Waals surface area contributed by atoms with Gasteiger partial charge in [0.25, 0.3) is 0 Å². The molecule has 10 heteroatoms. The number of halogens is 2. The van der Waals surface area contributed by atoms with Gasteiger partial charge in [-0.25, -0.2) is 19.0 Å². The predicted molar refractivity (Wildman–Crippen MR) is 81.3 cm³/mol. The number of anilines is 1. The van der Waals surface area contributed by atoms with Crippen LogP contribution in [0.5, 0.6) is 0 Å². The SMILES string of the molecule is O=C(N(c1cc(S)c(Cl)cc1F)N1CCCCN1)S(=O)O. The zero-order valence-corrected chi connectivity index (χ0v) is 13.2. The Labute approximate surface area is 133 Å². The number of hydrogen-bond donors (Lipinski definition) is 3. The minimum Gasteiger partial charge on any atom is -0.298 e. The van der Waals surface area contributed by atoms with Crippen molar-refractivity contribution in [3.63, 3.8) is 0 Å². The van der Waals surface area contributed by atoms with Gasteiger partial charge in [-0.1, -0.05) is 11.6 Å². The number of carbonyl (C=O) groups is 1. The molecule has 116 valence electrons. The Balaban J connectivity index is 2.46. The molecule has 0 saturated carbocycles. The zero-order chi connectivity index (χ0) is 15.6. The first kappa shape index (κ1) is 16.7. The Bertz CT molecular complexity index is 584. The summed E-state index contributed by atoms with van der Waals surface area (Å²) >= 11 is 7.06. The summed E-state index contributed by atoms with van der Waals surface area (Å²) in [5.41, 5.74) is 2.69. The van der Waals surface area contributed by atoms with Crippen molar-refractivity contribution >= 4 is 46.2 Å². The van der Waals surface area contributed by atoms with E-state index in [-0.39, 0.29) is 15.6 Å². The molecule has 0 radical (unpaired) electrons. The number of benzene rings is 1. The lowest BCUT2D eigenvalue weighted by Gasteiger charge is -2.36. The van der Waals surface area contributed by atoms with Gasteiger partial charge in [-0.05, 0) is 25.0 Å². The van der Waals surface area contributed by atoms with Crippen LogP contribution in [0.3, 0.4) is 0 Å². The Hall–Kier alpha value is -0.710. The van der Waals surface area contributed by atoms with Crippen LogP contribution in [0.2, 0.25) is 5.02 Å². The number of carbonyl (C=O) groups excluding carboxylic acids is 1. The van der Waals surface area contributed by atoms with E-state index in [1.807, 2.05) is 0 Å². The lowest BCUT2D eigenvalue weighted by atomic mass is 10.2. The first-order chi connectivity index (χ1) is 9.91. The van der Waals surface area contributed by atoms with Gasteiger partial charge in [-0.2, -0.15) is 0 Å². The molecule has 0 bridgehead atoms. The molecule has 1 unspecified atom stereocenters. The van der Waals surface area contributed by atoms with Crippen molar-refractivity contribution in [2.24, 2.45) is 0 Å². The van der Waals surface area contributed by atoms with Crippen LogP contribution in [-0.2, 0) is 11.1 Å². The monoisotopic (exact) mass is 353 g/mol. The van der Waals surface area contributed by atoms with Gasteiger partial charge in [0.05, 0.1) is 5.02 Å². The number of hydrazine groups is 2. The van der Waals surface area contributed by atoms with Crippen molar-refractivity contribution in [1.29, 1.82) is 0 Å². The first-order valence-electron chi connectivity index (χ1n) is 6.05. The third-order valence-corrected chi connectivity index (χ3v) is 4.19. The van der Waals surface area contributed by atoms with Gasteiger partial charge < -0.3 is 0 Å². The predicted octanol–water partition coefficient (Wildman–Crippen LogP) is 2.43. The molecule has 2 rings (SSSR count). The minimum absolute atomic E-state index is 0.0868. The smallest absolute Gasteiger partial charge is 0.298 e. The zero-order valence-electron chi connectivity index (χ0n) is 10.8. The Morgan fingerprint density at radius 2 is 2.24 bits per heavy atom. The highest BCUT2D eigenvalue weighted by atomic mass is 35.5. The van der Waals surface area contributed by atoms with Crippen molar-refractivity contribution in [2.45, 2.75) is 17.7 Å². The largest absolute Gasteiger partial charge is 0.358 e. The van der Waals surface area contributed by atoms with E-state index in [0.29, 0.717) is 13.1 Å². The summed E-state index contributed by atoms with van der Waals surface area (Å²) in [5, 5.41) is 1.06. The molecule has 1 fully saturated rings. The fourth-order valence-electron chi connectivity index (χ4n) is 1.93. The number of hydrogen-bond acceptors (Lipinski definition) is 5. The molecule has 1 aliphatic rings. The molecule has 1 amide bonds. The molecule has 2 N–H and O–H groups in total. The second-order valence-corrected chi connectivity index (χ2v) is 6.06. The van der Waals surface area contributed by atoms with Crippen LogP contribution >= 0.6 is 24.2 Å². The van der Waals surface area contributed by atoms with Crippen molar-refractivity contribution in [1.82, 2.24) is 10.5 Å². The summed E-state index contributed by atoms with van der Waals surface area (Å²) < 4.78 is 34.3. The van der Waals surface area contributed by atoms with Crippen molar-refractivity contribution < 1.29 is 17.9 Å². The number of amides is 1. The number of thiol groups is 1. The molecule has 1 aliphatic heterocycles. The van der Waals surface area contributed by atoms with Crippen LogP contribution in [-0.4, -0.2) is 32.2 Å². The van der Waals surface area contributed by atoms with Gasteiger partial charge in [0.2, 0.25) is 11.1 Å². The average Bonchev–Trinajstić information content (AvgIpc) is 2.45. The fourth-order valence-corrected chi connectivity index (χ4v) is 2.62. The van der Waals surface area contributed by atoms with Crippen molar-refractivity contribution in [2.75, 3.05) is 18.1 Å². The highest BCUT2D eigenvalue weighted by Crippen LogP contribution is 2.30. The molecule has 0 aromatic heterocycles. The molecule has 0 spiro atoms. The lowest BCUT2D eigenvalue weighted by Crippen LogP contribution is -2.57. The van der Waals surface area contributed by atoms with Gasteiger partial charge in [0.15, 0.2) is 0 Å². The summed E-state index contributed by atoms with van der Waals surface area (Å²) in [4.78, 5) is 12.2. The maximum Gasteiger partial charge on any atom is 0.358 e. The molecule has 1 aromatic rings. The third kappa shape index (κ3) is 3.74. The van der Waals surface area contributed by atoms with Gasteiger partial charge in [-0.3, -0.25) is 9.35 Å². The second-order valence-electron chi connectivity index (χ2n) is 4.32. The van der Waals surface area contributed by atoms with Crippen molar-refractivity contribution in [3.05, 3.63) is 23.0 Å². The lowest BCUT2D eigenvalue weighted by molar-refractivity contribution is 0.144. The third-order valence-electron chi connectivity index (χ3n) is 2.90. The highest BCUT2D eigenvalue weighted by Gasteiger charge is 2.31. The number of rotatable bonds is 2. The molecule has 6 nitrogen and oxygen atoms in total. The standard InChI is InChI=1S/C11H13ClFN3O3S2/c12-7-5-8(13)9(6-10(7)20)16(11(17)21(18)19)15-4-2-1-3-14-15/h5-6,14,20H,1-4H2,(H,18,19). The van der Waals surface area contributed by atoms with Gasteiger partial charge in [0, 0.05) is 18.0 Å². The quantitative estimate of drug-likeness (QED) is 0.562. The van der Waals surface area contributed by atoms with Crippen LogP contribution in [0.1, 0.15) is 12.8 Å². The topological polar surface area (TPSA) is 72.9 Å². The van der Waals surface area contributed by atoms with E-state index in [1.54, 1.807) is 0 Å². The summed E-state index contributed by atoms with van der Waals surface area (Å²) in [6.45, 7) is 0.970. The van der Waals surface area contributed by atoms with Crippen LogP contribution in [0, 0.1) is 5.82 Å². The molecule has 0 aliphatic carbocycles. The minimum atomic E-state index is -2.78. The van der Waals surface area contributed by atoms with Crippen LogP contribution in [0.15, 0.2) is 17.0 Å². The van der Waals surface area contributed by atoms with Crippen molar-refractivity contribution in [3.8, 4) is 0 Å². The van der Waals surface area contributed by atoms with E-state index in [2.05, 4.69) is 18.1 Å². The summed E-state index contributed by atoms with van der Waals surface area (Å²) in [5.74, 6) is -0.788. The molecule has 1 atom stereocenters. The second kappa shape index (κ2) is 7.03. The van der Waals surface area contributed by atoms with Crippen LogP contribution in [0.25, 0.3) is 0 Å². The first-order valence-corrected chi connectivity index (χ1v) is 7.99. The molecule has 1 saturated heterocycles. The average molecular weight is 354 g/mol. The van der Waals surface area contributed by atoms with E-state index in [1.165, 1.54) is 11.2 Å². The Morgan fingerprint density at radius 1 is 1.52 bits per heavy atom. The Kier molecular flexibility index (Phi) is 5.58. The van der Waals surface area contributed by atoms with E-state index >= 15 is 0 Å². The van der Waals surface area contributed by atoms with Crippen LogP contribution in [0.4, 0.5) is 14.9 Å². The van der Waals surface area contributed by atoms with E-state index in [4.69, 9.17) is 16.2 Å². The van der Waals surface area contributed by atoms with E-state index < -0.39 is 22.1 Å². The number of nitrogens with one attached hydrogen (secondary N) is 1. The maximum absolute atomic E-state index is 14.1. The summed E-state index contributed by atoms with van der Waals surface area (Å²) in [7, 11) is 0. The maximum atomic E-state index is 14.1. The molecule has 1 heterocycles. The number of nitrogens with zero attached hydrogens (tertiary/aromatic N) is 2. The normalized spacial score (nSPS) is 17.5. The fraction of sp³-hybridized carbons (Fsp3) is 0.364. The van der Waals surface area contributed by atoms with E-state index in [0.717, 1.165) is 23.9 Å². The Morgan fingerprint density at radius 3 is 2.81 bits per heavy atom. The van der Waals surface area contributed by atoms with Gasteiger partial charge in [0.1, 0.15) is 11.5 Å². The molecule has 21 heavy (non-hydrogen) atoms. The molecule has 1 aromatic carbocycles. The highest BCUT2D eigenvalue weighted by molar-refractivity contribution is 7.95. The van der Waals surface area contributed by atoms with Gasteiger partial charge >= 0.3 is 5.24 Å². The summed E-state index contributed by atoms with van der Waals surface area (Å²) in [6, 6.07) is 2.24. The van der Waals surface area contributed by atoms with E-state index in [9.17, 15) is 13.4 Å². The van der Waals surface area contributed by atoms with Crippen LogP contribution < -0.4 is 10.4 Å². The molecular weight excluding hydrogens is 341 g/mol. The molecular formula is C11H13ClFN3O3S2.